The van der Waals surface area contributed by atoms with E-state index in [9.17, 15) is 4.79 Å². The molecular formula is C17H26O3. The molecular weight excluding hydrogens is 252 g/mol. The van der Waals surface area contributed by atoms with Crippen molar-refractivity contribution in [2.75, 3.05) is 13.2 Å². The van der Waals surface area contributed by atoms with E-state index in [1.807, 2.05) is 13.8 Å². The summed E-state index contributed by atoms with van der Waals surface area (Å²) in [4.78, 5) is 11.6. The molecule has 0 spiro atoms. The zero-order valence-corrected chi connectivity index (χ0v) is 12.6. The molecule has 20 heavy (non-hydrogen) atoms. The lowest BCUT2D eigenvalue weighted by molar-refractivity contribution is -0.150. The van der Waals surface area contributed by atoms with Gasteiger partial charge in [0.2, 0.25) is 0 Å². The van der Waals surface area contributed by atoms with Crippen LogP contribution >= 0.6 is 0 Å². The van der Waals surface area contributed by atoms with Crippen LogP contribution in [0.25, 0.3) is 0 Å². The highest BCUT2D eigenvalue weighted by Gasteiger charge is 2.52. The van der Waals surface area contributed by atoms with Crippen molar-refractivity contribution in [2.24, 2.45) is 29.6 Å². The number of fused-ring (bicyclic) bond motifs is 5. The molecule has 3 aliphatic rings. The first-order valence-corrected chi connectivity index (χ1v) is 8.15. The Morgan fingerprint density at radius 2 is 2.15 bits per heavy atom. The summed E-state index contributed by atoms with van der Waals surface area (Å²) in [5.41, 5.74) is 0. The molecule has 0 aromatic rings. The van der Waals surface area contributed by atoms with Gasteiger partial charge in [-0.1, -0.05) is 26.0 Å². The Hall–Kier alpha value is -0.830. The van der Waals surface area contributed by atoms with E-state index in [1.165, 1.54) is 19.3 Å². The van der Waals surface area contributed by atoms with E-state index in [2.05, 4.69) is 12.2 Å². The maximum atomic E-state index is 11.6. The van der Waals surface area contributed by atoms with Gasteiger partial charge in [0.05, 0.1) is 18.6 Å². The van der Waals surface area contributed by atoms with Crippen molar-refractivity contribution in [3.63, 3.8) is 0 Å². The third-order valence-corrected chi connectivity index (χ3v) is 5.62. The predicted molar refractivity (Wildman–Crippen MR) is 77.1 cm³/mol. The molecule has 0 heterocycles. The third-order valence-electron chi connectivity index (χ3n) is 5.62. The maximum absolute atomic E-state index is 11.6. The Balaban J connectivity index is 1.38. The molecule has 2 saturated carbocycles. The number of carbonyl (C=O) groups excluding carboxylic acids is 1. The second kappa shape index (κ2) is 5.88. The number of allylic oxidation sites excluding steroid dienone is 2. The van der Waals surface area contributed by atoms with Crippen molar-refractivity contribution >= 4 is 5.97 Å². The molecule has 112 valence electrons. The first-order valence-electron chi connectivity index (χ1n) is 8.15. The Kier molecular flexibility index (Phi) is 4.16. The Bertz CT molecular complexity index is 390. The van der Waals surface area contributed by atoms with Gasteiger partial charge >= 0.3 is 5.97 Å². The molecule has 3 heteroatoms. The molecule has 0 aromatic carbocycles. The van der Waals surface area contributed by atoms with Gasteiger partial charge in [-0.15, -0.1) is 0 Å². The molecule has 3 nitrogen and oxygen atoms in total. The summed E-state index contributed by atoms with van der Waals surface area (Å²) in [6, 6.07) is 0. The minimum absolute atomic E-state index is 0.00261. The molecule has 2 bridgehead atoms. The van der Waals surface area contributed by atoms with Crippen LogP contribution in [0.2, 0.25) is 0 Å². The van der Waals surface area contributed by atoms with Crippen LogP contribution in [0, 0.1) is 29.6 Å². The van der Waals surface area contributed by atoms with Crippen molar-refractivity contribution in [3.05, 3.63) is 12.2 Å². The SMILES string of the molecule is CCC(C)C(=O)OCCOC1CC2CC1C1CC=CC21. The van der Waals surface area contributed by atoms with Crippen LogP contribution in [0.5, 0.6) is 0 Å². The molecule has 0 radical (unpaired) electrons. The van der Waals surface area contributed by atoms with Crippen LogP contribution in [0.1, 0.15) is 39.5 Å². The lowest BCUT2D eigenvalue weighted by Gasteiger charge is -2.31. The summed E-state index contributed by atoms with van der Waals surface area (Å²) in [7, 11) is 0. The molecule has 3 aliphatic carbocycles. The molecule has 0 N–H and O–H groups in total. The Morgan fingerprint density at radius 1 is 1.30 bits per heavy atom. The second-order valence-electron chi connectivity index (χ2n) is 6.69. The quantitative estimate of drug-likeness (QED) is 0.425. The fourth-order valence-corrected chi connectivity index (χ4v) is 4.34. The molecule has 0 saturated heterocycles. The van der Waals surface area contributed by atoms with Gasteiger partial charge in [-0.2, -0.15) is 0 Å². The maximum Gasteiger partial charge on any atom is 0.308 e. The number of rotatable bonds is 6. The van der Waals surface area contributed by atoms with Crippen molar-refractivity contribution in [1.82, 2.24) is 0 Å². The predicted octanol–water partition coefficient (Wildman–Crippen LogP) is 3.19. The van der Waals surface area contributed by atoms with Crippen LogP contribution in [-0.4, -0.2) is 25.3 Å². The first-order chi connectivity index (χ1) is 9.70. The highest BCUT2D eigenvalue weighted by molar-refractivity contribution is 5.71. The summed E-state index contributed by atoms with van der Waals surface area (Å²) in [5.74, 6) is 3.16. The van der Waals surface area contributed by atoms with Gasteiger partial charge < -0.3 is 9.47 Å². The second-order valence-corrected chi connectivity index (χ2v) is 6.69. The van der Waals surface area contributed by atoms with E-state index >= 15 is 0 Å². The summed E-state index contributed by atoms with van der Waals surface area (Å²) in [5, 5.41) is 0. The Morgan fingerprint density at radius 3 is 2.95 bits per heavy atom. The van der Waals surface area contributed by atoms with Crippen molar-refractivity contribution in [2.45, 2.75) is 45.6 Å². The normalized spacial score (nSPS) is 39.0. The van der Waals surface area contributed by atoms with Crippen molar-refractivity contribution in [3.8, 4) is 0 Å². The molecule has 2 fully saturated rings. The monoisotopic (exact) mass is 278 g/mol. The van der Waals surface area contributed by atoms with E-state index in [1.54, 1.807) is 0 Å². The van der Waals surface area contributed by atoms with Crippen LogP contribution in [-0.2, 0) is 14.3 Å². The number of ether oxygens (including phenoxy) is 2. The first kappa shape index (κ1) is 14.1. The summed E-state index contributed by atoms with van der Waals surface area (Å²) >= 11 is 0. The highest BCUT2D eigenvalue weighted by atomic mass is 16.6. The van der Waals surface area contributed by atoms with Gasteiger partial charge in [0.1, 0.15) is 6.61 Å². The van der Waals surface area contributed by atoms with Gasteiger partial charge in [-0.25, -0.2) is 0 Å². The summed E-state index contributed by atoms with van der Waals surface area (Å²) in [6.45, 7) is 4.88. The highest BCUT2D eigenvalue weighted by Crippen LogP contribution is 2.57. The topological polar surface area (TPSA) is 35.5 Å². The van der Waals surface area contributed by atoms with Crippen LogP contribution in [0.4, 0.5) is 0 Å². The number of carbonyl (C=O) groups is 1. The van der Waals surface area contributed by atoms with Crippen molar-refractivity contribution in [1.29, 1.82) is 0 Å². The average Bonchev–Trinajstić information content (AvgIpc) is 3.13. The lowest BCUT2D eigenvalue weighted by Crippen LogP contribution is -2.31. The molecule has 6 unspecified atom stereocenters. The van der Waals surface area contributed by atoms with Gasteiger partial charge in [0.15, 0.2) is 0 Å². The fourth-order valence-electron chi connectivity index (χ4n) is 4.34. The minimum Gasteiger partial charge on any atom is -0.463 e. The third kappa shape index (κ3) is 2.52. The largest absolute Gasteiger partial charge is 0.463 e. The van der Waals surface area contributed by atoms with Gasteiger partial charge in [-0.05, 0) is 49.4 Å². The van der Waals surface area contributed by atoms with Crippen molar-refractivity contribution < 1.29 is 14.3 Å². The van der Waals surface area contributed by atoms with Gasteiger partial charge in [-0.3, -0.25) is 4.79 Å². The summed E-state index contributed by atoms with van der Waals surface area (Å²) in [6.07, 6.45) is 9.82. The zero-order valence-electron chi connectivity index (χ0n) is 12.6. The van der Waals surface area contributed by atoms with E-state index in [-0.39, 0.29) is 11.9 Å². The van der Waals surface area contributed by atoms with Gasteiger partial charge in [0.25, 0.3) is 0 Å². The van der Waals surface area contributed by atoms with E-state index in [0.29, 0.717) is 19.3 Å². The molecule has 0 aromatic heterocycles. The van der Waals surface area contributed by atoms with Crippen LogP contribution in [0.3, 0.4) is 0 Å². The molecule has 0 amide bonds. The van der Waals surface area contributed by atoms with Crippen LogP contribution in [0.15, 0.2) is 12.2 Å². The number of esters is 1. The minimum atomic E-state index is -0.0934. The molecule has 3 rings (SSSR count). The van der Waals surface area contributed by atoms with E-state index < -0.39 is 0 Å². The smallest absolute Gasteiger partial charge is 0.308 e. The van der Waals surface area contributed by atoms with Gasteiger partial charge in [0, 0.05) is 0 Å². The zero-order chi connectivity index (χ0) is 14.1. The average molecular weight is 278 g/mol. The summed E-state index contributed by atoms with van der Waals surface area (Å²) < 4.78 is 11.2. The van der Waals surface area contributed by atoms with E-state index in [0.717, 1.165) is 30.1 Å². The molecule has 0 aliphatic heterocycles. The number of hydrogen-bond acceptors (Lipinski definition) is 3. The van der Waals surface area contributed by atoms with E-state index in [4.69, 9.17) is 9.47 Å². The lowest BCUT2D eigenvalue weighted by atomic mass is 9.80. The standard InChI is InChI=1S/C17H26O3/c1-3-11(2)17(18)20-8-7-19-16-10-12-9-15(16)14-6-4-5-13(12)14/h4-5,11-16H,3,6-10H2,1-2H3. The van der Waals surface area contributed by atoms with Crippen LogP contribution < -0.4 is 0 Å². The Labute approximate surface area is 121 Å². The molecule has 6 atom stereocenters. The fraction of sp³-hybridized carbons (Fsp3) is 0.824. The number of hydrogen-bond donors (Lipinski definition) is 0.